The second-order valence-electron chi connectivity index (χ2n) is 2.92. The van der Waals surface area contributed by atoms with E-state index in [2.05, 4.69) is 15.0 Å². The van der Waals surface area contributed by atoms with Crippen LogP contribution in [0.4, 0.5) is 0 Å². The molecule has 0 bridgehead atoms. The number of aromatic nitrogens is 4. The maximum absolute atomic E-state index is 10.6. The number of nitrogens with zero attached hydrogens (tertiary/aromatic N) is 4. The molecule has 0 aliphatic carbocycles. The lowest BCUT2D eigenvalue weighted by atomic mass is 10.3. The van der Waals surface area contributed by atoms with Crippen molar-refractivity contribution in [2.75, 3.05) is 0 Å². The molecule has 0 saturated heterocycles. The van der Waals surface area contributed by atoms with Crippen molar-refractivity contribution in [3.63, 3.8) is 0 Å². The van der Waals surface area contributed by atoms with Gasteiger partial charge in [0.25, 0.3) is 0 Å². The summed E-state index contributed by atoms with van der Waals surface area (Å²) in [5.41, 5.74) is 1.69. The first-order chi connectivity index (χ1) is 6.68. The van der Waals surface area contributed by atoms with Crippen molar-refractivity contribution < 1.29 is 9.90 Å². The molecule has 0 fully saturated rings. The van der Waals surface area contributed by atoms with Gasteiger partial charge in [-0.15, -0.1) is 0 Å². The zero-order valence-electron chi connectivity index (χ0n) is 7.51. The molecule has 0 aliphatic rings. The average molecular weight is 192 g/mol. The maximum atomic E-state index is 10.6. The molecule has 0 saturated carbocycles. The molecule has 0 amide bonds. The lowest BCUT2D eigenvalue weighted by molar-refractivity contribution is -0.136. The first kappa shape index (κ1) is 8.61. The molecule has 0 radical (unpaired) electrons. The quantitative estimate of drug-likeness (QED) is 0.723. The van der Waals surface area contributed by atoms with Gasteiger partial charge in [0.05, 0.1) is 18.4 Å². The Morgan fingerprint density at radius 2 is 2.29 bits per heavy atom. The summed E-state index contributed by atoms with van der Waals surface area (Å²) >= 11 is 0. The number of aryl methyl sites for hydroxylation is 1. The van der Waals surface area contributed by atoms with Gasteiger partial charge in [-0.3, -0.25) is 4.79 Å². The van der Waals surface area contributed by atoms with Crippen LogP contribution in [0, 0.1) is 0 Å². The van der Waals surface area contributed by atoms with Crippen LogP contribution in [0.2, 0.25) is 0 Å². The summed E-state index contributed by atoms with van der Waals surface area (Å²) in [4.78, 5) is 22.4. The van der Waals surface area contributed by atoms with Crippen molar-refractivity contribution in [3.05, 3.63) is 18.3 Å². The lowest BCUT2D eigenvalue weighted by Crippen LogP contribution is -2.05. The maximum Gasteiger partial charge on any atom is 0.309 e. The molecule has 72 valence electrons. The van der Waals surface area contributed by atoms with Crippen LogP contribution in [0.25, 0.3) is 11.2 Å². The Morgan fingerprint density at radius 3 is 3.00 bits per heavy atom. The first-order valence-electron chi connectivity index (χ1n) is 4.01. The van der Waals surface area contributed by atoms with Crippen LogP contribution in [0.15, 0.2) is 12.7 Å². The molecule has 0 aromatic carbocycles. The van der Waals surface area contributed by atoms with Crippen molar-refractivity contribution in [2.45, 2.75) is 6.42 Å². The van der Waals surface area contributed by atoms with Crippen molar-refractivity contribution >= 4 is 17.1 Å². The fraction of sp³-hybridized carbons (Fsp3) is 0.250. The predicted octanol–water partition coefficient (Wildman–Crippen LogP) is -0.00960. The highest BCUT2D eigenvalue weighted by Crippen LogP contribution is 2.12. The van der Waals surface area contributed by atoms with Gasteiger partial charge in [0.2, 0.25) is 0 Å². The van der Waals surface area contributed by atoms with Crippen molar-refractivity contribution in [1.82, 2.24) is 19.5 Å². The topological polar surface area (TPSA) is 80.9 Å². The standard InChI is InChI=1S/C8H8N4O2/c1-12-4-11-8-7(12)5(2-6(13)14)9-3-10-8/h3-4H,2H2,1H3,(H,13,14). The van der Waals surface area contributed by atoms with Gasteiger partial charge >= 0.3 is 5.97 Å². The van der Waals surface area contributed by atoms with E-state index < -0.39 is 5.97 Å². The number of rotatable bonds is 2. The summed E-state index contributed by atoms with van der Waals surface area (Å²) in [6, 6.07) is 0. The summed E-state index contributed by atoms with van der Waals surface area (Å²) in [7, 11) is 1.78. The van der Waals surface area contributed by atoms with E-state index in [9.17, 15) is 4.79 Å². The molecule has 2 aromatic rings. The van der Waals surface area contributed by atoms with E-state index in [-0.39, 0.29) is 6.42 Å². The first-order valence-corrected chi connectivity index (χ1v) is 4.01. The lowest BCUT2D eigenvalue weighted by Gasteiger charge is -1.99. The van der Waals surface area contributed by atoms with Gasteiger partial charge in [0, 0.05) is 7.05 Å². The second kappa shape index (κ2) is 3.06. The molecule has 0 unspecified atom stereocenters. The van der Waals surface area contributed by atoms with Gasteiger partial charge in [0.1, 0.15) is 11.8 Å². The van der Waals surface area contributed by atoms with Gasteiger partial charge < -0.3 is 9.67 Å². The Balaban J connectivity index is 2.63. The minimum atomic E-state index is -0.911. The van der Waals surface area contributed by atoms with Crippen LogP contribution in [0.1, 0.15) is 5.69 Å². The van der Waals surface area contributed by atoms with Crippen LogP contribution >= 0.6 is 0 Å². The fourth-order valence-corrected chi connectivity index (χ4v) is 1.33. The minimum Gasteiger partial charge on any atom is -0.481 e. The fourth-order valence-electron chi connectivity index (χ4n) is 1.33. The highest BCUT2D eigenvalue weighted by molar-refractivity contribution is 5.79. The molecule has 0 spiro atoms. The number of carboxylic acid groups (broad SMARTS) is 1. The van der Waals surface area contributed by atoms with Crippen molar-refractivity contribution in [2.24, 2.45) is 7.05 Å². The molecule has 6 heteroatoms. The summed E-state index contributed by atoms with van der Waals surface area (Å²) in [6.07, 6.45) is 2.80. The van der Waals surface area contributed by atoms with E-state index in [0.29, 0.717) is 16.9 Å². The van der Waals surface area contributed by atoms with Crippen LogP contribution in [-0.2, 0) is 18.3 Å². The molecule has 0 aliphatic heterocycles. The Hall–Kier alpha value is -1.98. The van der Waals surface area contributed by atoms with Crippen molar-refractivity contribution in [3.8, 4) is 0 Å². The van der Waals surface area contributed by atoms with Gasteiger partial charge in [-0.05, 0) is 0 Å². The van der Waals surface area contributed by atoms with Crippen LogP contribution in [0.5, 0.6) is 0 Å². The molecule has 2 heterocycles. The zero-order chi connectivity index (χ0) is 10.1. The van der Waals surface area contributed by atoms with Crippen LogP contribution in [-0.4, -0.2) is 30.6 Å². The summed E-state index contributed by atoms with van der Waals surface area (Å²) in [5, 5.41) is 8.66. The van der Waals surface area contributed by atoms with E-state index in [1.165, 1.54) is 6.33 Å². The number of hydrogen-bond acceptors (Lipinski definition) is 4. The number of hydrogen-bond donors (Lipinski definition) is 1. The molecular weight excluding hydrogens is 184 g/mol. The monoisotopic (exact) mass is 192 g/mol. The molecule has 6 nitrogen and oxygen atoms in total. The van der Waals surface area contributed by atoms with Crippen LogP contribution < -0.4 is 0 Å². The average Bonchev–Trinajstić information content (AvgIpc) is 2.48. The van der Waals surface area contributed by atoms with Crippen LogP contribution in [0.3, 0.4) is 0 Å². The Bertz CT molecular complexity index is 491. The SMILES string of the molecule is Cn1cnc2ncnc(CC(=O)O)c21. The number of imidazole rings is 1. The molecule has 14 heavy (non-hydrogen) atoms. The Morgan fingerprint density at radius 1 is 1.50 bits per heavy atom. The largest absolute Gasteiger partial charge is 0.481 e. The second-order valence-corrected chi connectivity index (χ2v) is 2.92. The number of aliphatic carboxylic acids is 1. The molecule has 0 atom stereocenters. The van der Waals surface area contributed by atoms with Gasteiger partial charge in [-0.25, -0.2) is 15.0 Å². The van der Waals surface area contributed by atoms with Crippen molar-refractivity contribution in [1.29, 1.82) is 0 Å². The van der Waals surface area contributed by atoms with Gasteiger partial charge in [-0.2, -0.15) is 0 Å². The molecule has 2 aromatic heterocycles. The predicted molar refractivity (Wildman–Crippen MR) is 47.6 cm³/mol. The third-order valence-electron chi connectivity index (χ3n) is 1.90. The summed E-state index contributed by atoms with van der Waals surface area (Å²) in [6.45, 7) is 0. The van der Waals surface area contributed by atoms with E-state index in [0.717, 1.165) is 0 Å². The molecular formula is C8H8N4O2. The number of carboxylic acids is 1. The third-order valence-corrected chi connectivity index (χ3v) is 1.90. The zero-order valence-corrected chi connectivity index (χ0v) is 7.51. The molecule has 2 rings (SSSR count). The normalized spacial score (nSPS) is 10.6. The summed E-state index contributed by atoms with van der Waals surface area (Å²) in [5.74, 6) is -0.911. The van der Waals surface area contributed by atoms with E-state index in [4.69, 9.17) is 5.11 Å². The minimum absolute atomic E-state index is 0.113. The highest BCUT2D eigenvalue weighted by atomic mass is 16.4. The van der Waals surface area contributed by atoms with E-state index >= 15 is 0 Å². The van der Waals surface area contributed by atoms with E-state index in [1.807, 2.05) is 0 Å². The van der Waals surface area contributed by atoms with Gasteiger partial charge in [-0.1, -0.05) is 0 Å². The summed E-state index contributed by atoms with van der Waals surface area (Å²) < 4.78 is 1.72. The van der Waals surface area contributed by atoms with E-state index in [1.54, 1.807) is 17.9 Å². The third kappa shape index (κ3) is 1.30. The number of carbonyl (C=O) groups is 1. The highest BCUT2D eigenvalue weighted by Gasteiger charge is 2.10. The van der Waals surface area contributed by atoms with Gasteiger partial charge in [0.15, 0.2) is 5.65 Å². The smallest absolute Gasteiger partial charge is 0.309 e. The Kier molecular flexibility index (Phi) is 1.88. The number of fused-ring (bicyclic) bond motifs is 1. The molecule has 1 N–H and O–H groups in total. The Labute approximate surface area is 79.2 Å².